The number of thioether (sulfide) groups is 1. The third kappa shape index (κ3) is 4.44. The van der Waals surface area contributed by atoms with E-state index >= 15 is 0 Å². The molecule has 0 atom stereocenters. The van der Waals surface area contributed by atoms with Gasteiger partial charge in [0, 0.05) is 10.6 Å². The summed E-state index contributed by atoms with van der Waals surface area (Å²) < 4.78 is 5.81. The monoisotopic (exact) mass is 425 g/mol. The summed E-state index contributed by atoms with van der Waals surface area (Å²) in [6.07, 6.45) is 2.23. The van der Waals surface area contributed by atoms with Crippen LogP contribution in [0.15, 0.2) is 89.8 Å². The average Bonchev–Trinajstić information content (AvgIpc) is 3.24. The zero-order valence-electron chi connectivity index (χ0n) is 17.1. The summed E-state index contributed by atoms with van der Waals surface area (Å²) in [5.74, 6) is 1.15. The molecule has 0 unspecified atom stereocenters. The van der Waals surface area contributed by atoms with Crippen LogP contribution in [0.25, 0.3) is 10.8 Å². The Morgan fingerprint density at radius 2 is 1.61 bits per heavy atom. The number of carbonyl (C=O) groups is 1. The third-order valence-corrected chi connectivity index (χ3v) is 6.66. The zero-order valence-corrected chi connectivity index (χ0v) is 18.0. The topological polar surface area (TPSA) is 38.3 Å². The molecule has 0 aliphatic heterocycles. The van der Waals surface area contributed by atoms with E-state index in [4.69, 9.17) is 4.74 Å². The molecule has 0 bridgehead atoms. The normalized spacial score (nSPS) is 12.1. The van der Waals surface area contributed by atoms with Gasteiger partial charge in [-0.25, -0.2) is 0 Å². The van der Waals surface area contributed by atoms with Crippen LogP contribution in [0.5, 0.6) is 5.75 Å². The highest BCUT2D eigenvalue weighted by atomic mass is 32.2. The third-order valence-electron chi connectivity index (χ3n) is 5.58. The lowest BCUT2D eigenvalue weighted by Crippen LogP contribution is -2.13. The Bertz CT molecular complexity index is 1210. The Morgan fingerprint density at radius 3 is 2.42 bits per heavy atom. The Morgan fingerprint density at radius 1 is 0.839 bits per heavy atom. The molecule has 0 aromatic heterocycles. The van der Waals surface area contributed by atoms with Crippen LogP contribution in [0.2, 0.25) is 0 Å². The number of amides is 1. The van der Waals surface area contributed by atoms with Crippen LogP contribution in [0.3, 0.4) is 0 Å². The number of anilines is 1. The molecule has 5 rings (SSSR count). The van der Waals surface area contributed by atoms with Gasteiger partial charge in [-0.15, -0.1) is 11.8 Å². The van der Waals surface area contributed by atoms with Crippen molar-refractivity contribution in [2.24, 2.45) is 0 Å². The van der Waals surface area contributed by atoms with Crippen LogP contribution in [-0.2, 0) is 24.2 Å². The lowest BCUT2D eigenvalue weighted by Gasteiger charge is -2.10. The lowest BCUT2D eigenvalue weighted by atomic mass is 10.1. The maximum absolute atomic E-state index is 12.5. The molecule has 4 aromatic rings. The maximum Gasteiger partial charge on any atom is 0.234 e. The predicted octanol–water partition coefficient (Wildman–Crippen LogP) is 6.25. The van der Waals surface area contributed by atoms with Crippen LogP contribution in [0.1, 0.15) is 16.7 Å². The van der Waals surface area contributed by atoms with E-state index in [2.05, 4.69) is 35.6 Å². The van der Waals surface area contributed by atoms with Crippen LogP contribution in [-0.4, -0.2) is 11.7 Å². The number of ether oxygens (including phenoxy) is 1. The van der Waals surface area contributed by atoms with Crippen molar-refractivity contribution in [3.05, 3.63) is 102 Å². The number of hydrogen-bond donors (Lipinski definition) is 1. The van der Waals surface area contributed by atoms with Gasteiger partial charge in [0.15, 0.2) is 0 Å². The second-order valence-electron chi connectivity index (χ2n) is 7.70. The summed E-state index contributed by atoms with van der Waals surface area (Å²) >= 11 is 1.59. The van der Waals surface area contributed by atoms with E-state index in [-0.39, 0.29) is 5.91 Å². The van der Waals surface area contributed by atoms with E-state index in [9.17, 15) is 4.79 Å². The van der Waals surface area contributed by atoms with Gasteiger partial charge in [-0.2, -0.15) is 0 Å². The molecular weight excluding hydrogens is 402 g/mol. The van der Waals surface area contributed by atoms with Gasteiger partial charge in [0.2, 0.25) is 5.91 Å². The van der Waals surface area contributed by atoms with E-state index in [0.717, 1.165) is 29.8 Å². The van der Waals surface area contributed by atoms with Crippen LogP contribution in [0, 0.1) is 0 Å². The van der Waals surface area contributed by atoms with Crippen molar-refractivity contribution in [3.63, 3.8) is 0 Å². The van der Waals surface area contributed by atoms with E-state index < -0.39 is 0 Å². The first-order chi connectivity index (χ1) is 15.3. The van der Waals surface area contributed by atoms with Crippen molar-refractivity contribution in [3.8, 4) is 5.75 Å². The van der Waals surface area contributed by atoms with Crippen molar-refractivity contribution >= 4 is 34.1 Å². The highest BCUT2D eigenvalue weighted by Crippen LogP contribution is 2.36. The summed E-state index contributed by atoms with van der Waals surface area (Å²) in [4.78, 5) is 13.7. The largest absolute Gasteiger partial charge is 0.489 e. The van der Waals surface area contributed by atoms with Gasteiger partial charge in [0.25, 0.3) is 0 Å². The zero-order chi connectivity index (χ0) is 21.0. The van der Waals surface area contributed by atoms with Gasteiger partial charge in [-0.05, 0) is 70.6 Å². The Labute approximate surface area is 186 Å². The average molecular weight is 426 g/mol. The molecule has 1 aliphatic rings. The van der Waals surface area contributed by atoms with Gasteiger partial charge in [-0.1, -0.05) is 54.6 Å². The number of rotatable bonds is 7. The smallest absolute Gasteiger partial charge is 0.234 e. The number of hydrogen-bond acceptors (Lipinski definition) is 3. The van der Waals surface area contributed by atoms with Crippen LogP contribution >= 0.6 is 11.8 Å². The molecule has 3 nitrogen and oxygen atoms in total. The standard InChI is InChI=1S/C27H23NO2S/c29-26(18-31-25-16-11-21-10-9-20-7-4-8-24(25)27(20)21)28-22-12-14-23(15-13-22)30-17-19-5-2-1-3-6-19/h1-8,11-16H,9-10,17-18H2,(H,28,29). The van der Waals surface area contributed by atoms with Gasteiger partial charge < -0.3 is 10.1 Å². The van der Waals surface area contributed by atoms with Crippen LogP contribution in [0.4, 0.5) is 5.69 Å². The highest BCUT2D eigenvalue weighted by molar-refractivity contribution is 8.00. The number of aryl methyl sites for hydroxylation is 2. The van der Waals surface area contributed by atoms with Crippen molar-refractivity contribution in [1.29, 1.82) is 0 Å². The minimum atomic E-state index is -0.00814. The first kappa shape index (κ1) is 19.7. The number of nitrogens with one attached hydrogen (secondary N) is 1. The van der Waals surface area contributed by atoms with Crippen molar-refractivity contribution in [2.75, 3.05) is 11.1 Å². The van der Waals surface area contributed by atoms with Gasteiger partial charge >= 0.3 is 0 Å². The van der Waals surface area contributed by atoms with Gasteiger partial charge in [0.05, 0.1) is 5.75 Å². The molecule has 0 heterocycles. The van der Waals surface area contributed by atoms with Crippen LogP contribution < -0.4 is 10.1 Å². The van der Waals surface area contributed by atoms with E-state index in [1.54, 1.807) is 11.8 Å². The molecule has 4 heteroatoms. The SMILES string of the molecule is O=C(CSc1ccc2c3c(cccc13)CC2)Nc1ccc(OCc2ccccc2)cc1. The first-order valence-corrected chi connectivity index (χ1v) is 11.5. The number of carbonyl (C=O) groups excluding carboxylic acids is 1. The fourth-order valence-corrected chi connectivity index (χ4v) is 4.91. The Hall–Kier alpha value is -3.24. The molecule has 0 saturated carbocycles. The predicted molar refractivity (Wildman–Crippen MR) is 128 cm³/mol. The molecule has 0 saturated heterocycles. The molecule has 4 aromatic carbocycles. The molecule has 1 amide bonds. The fraction of sp³-hybridized carbons (Fsp3) is 0.148. The summed E-state index contributed by atoms with van der Waals surface area (Å²) in [5.41, 5.74) is 4.75. The maximum atomic E-state index is 12.5. The minimum absolute atomic E-state index is 0.00814. The van der Waals surface area contributed by atoms with Crippen molar-refractivity contribution in [2.45, 2.75) is 24.3 Å². The van der Waals surface area contributed by atoms with Gasteiger partial charge in [0.1, 0.15) is 12.4 Å². The minimum Gasteiger partial charge on any atom is -0.489 e. The van der Waals surface area contributed by atoms with E-state index in [1.165, 1.54) is 26.8 Å². The van der Waals surface area contributed by atoms with Crippen molar-refractivity contribution in [1.82, 2.24) is 0 Å². The second-order valence-corrected chi connectivity index (χ2v) is 8.72. The van der Waals surface area contributed by atoms with Gasteiger partial charge in [-0.3, -0.25) is 4.79 Å². The summed E-state index contributed by atoms with van der Waals surface area (Å²) in [7, 11) is 0. The lowest BCUT2D eigenvalue weighted by molar-refractivity contribution is -0.113. The molecule has 0 fully saturated rings. The summed E-state index contributed by atoms with van der Waals surface area (Å²) in [6, 6.07) is 28.5. The molecule has 0 spiro atoms. The first-order valence-electron chi connectivity index (χ1n) is 10.5. The Balaban J connectivity index is 1.17. The summed E-state index contributed by atoms with van der Waals surface area (Å²) in [5, 5.41) is 5.64. The molecule has 1 N–H and O–H groups in total. The quantitative estimate of drug-likeness (QED) is 0.356. The summed E-state index contributed by atoms with van der Waals surface area (Å²) in [6.45, 7) is 0.525. The Kier molecular flexibility index (Phi) is 5.63. The molecular formula is C27H23NO2S. The van der Waals surface area contributed by atoms with E-state index in [0.29, 0.717) is 12.4 Å². The molecule has 31 heavy (non-hydrogen) atoms. The number of benzene rings is 4. The fourth-order valence-electron chi connectivity index (χ4n) is 4.06. The van der Waals surface area contributed by atoms with Crippen molar-refractivity contribution < 1.29 is 9.53 Å². The second kappa shape index (κ2) is 8.86. The molecule has 1 aliphatic carbocycles. The highest BCUT2D eigenvalue weighted by Gasteiger charge is 2.16. The molecule has 154 valence electrons. The van der Waals surface area contributed by atoms with E-state index in [1.807, 2.05) is 54.6 Å². The molecule has 0 radical (unpaired) electrons.